The fraction of sp³-hybridized carbons (Fsp3) is 0.733. The number of aliphatic carboxylic acids is 1. The van der Waals surface area contributed by atoms with Crippen LogP contribution < -0.4 is 0 Å². The van der Waals surface area contributed by atoms with Crippen molar-refractivity contribution in [3.05, 3.63) is 0 Å². The highest BCUT2D eigenvalue weighted by Crippen LogP contribution is 1.95. The van der Waals surface area contributed by atoms with Crippen LogP contribution in [0.25, 0.3) is 0 Å². The van der Waals surface area contributed by atoms with Gasteiger partial charge in [-0.25, -0.2) is 4.79 Å². The SMILES string of the molecule is CCCC(=O)OCCOCCOCCOC(=O)CCC(=O)C(=O)O. The molecule has 0 atom stereocenters. The lowest BCUT2D eigenvalue weighted by Gasteiger charge is -2.07. The first-order valence-corrected chi connectivity index (χ1v) is 7.70. The molecule has 0 radical (unpaired) electrons. The van der Waals surface area contributed by atoms with Gasteiger partial charge in [0.2, 0.25) is 5.78 Å². The average molecular weight is 348 g/mol. The summed E-state index contributed by atoms with van der Waals surface area (Å²) in [5, 5.41) is 8.34. The quantitative estimate of drug-likeness (QED) is 0.253. The normalized spacial score (nSPS) is 10.2. The number of carboxylic acids is 1. The predicted molar refractivity (Wildman–Crippen MR) is 80.3 cm³/mol. The Hall–Kier alpha value is -2.00. The highest BCUT2D eigenvalue weighted by Gasteiger charge is 2.14. The Morgan fingerprint density at radius 2 is 1.17 bits per heavy atom. The van der Waals surface area contributed by atoms with E-state index in [1.165, 1.54) is 0 Å². The number of ether oxygens (including phenoxy) is 4. The van der Waals surface area contributed by atoms with Crippen LogP contribution in [0.1, 0.15) is 32.6 Å². The van der Waals surface area contributed by atoms with Crippen molar-refractivity contribution in [2.24, 2.45) is 0 Å². The van der Waals surface area contributed by atoms with Crippen molar-refractivity contribution in [2.45, 2.75) is 32.6 Å². The summed E-state index contributed by atoms with van der Waals surface area (Å²) in [6.45, 7) is 3.14. The first kappa shape index (κ1) is 22.0. The molecule has 9 heteroatoms. The van der Waals surface area contributed by atoms with Crippen LogP contribution in [0.5, 0.6) is 0 Å². The van der Waals surface area contributed by atoms with E-state index < -0.39 is 17.7 Å². The highest BCUT2D eigenvalue weighted by molar-refractivity contribution is 6.32. The van der Waals surface area contributed by atoms with Gasteiger partial charge in [-0.05, 0) is 6.42 Å². The molecule has 0 amide bonds. The Balaban J connectivity index is 3.33. The molecule has 0 spiro atoms. The largest absolute Gasteiger partial charge is 0.476 e. The van der Waals surface area contributed by atoms with Crippen molar-refractivity contribution in [1.29, 1.82) is 0 Å². The number of ketones is 1. The maximum Gasteiger partial charge on any atom is 0.372 e. The van der Waals surface area contributed by atoms with E-state index in [-0.39, 0.29) is 51.8 Å². The molecule has 9 nitrogen and oxygen atoms in total. The van der Waals surface area contributed by atoms with Crippen LogP contribution >= 0.6 is 0 Å². The zero-order valence-corrected chi connectivity index (χ0v) is 13.8. The zero-order chi connectivity index (χ0) is 18.2. The lowest BCUT2D eigenvalue weighted by Crippen LogP contribution is -2.17. The summed E-state index contributed by atoms with van der Waals surface area (Å²) in [5.74, 6) is -3.49. The number of Topliss-reactive ketones (excluding diaryl/α,β-unsaturated/α-hetero) is 1. The maximum atomic E-state index is 11.2. The fourth-order valence-electron chi connectivity index (χ4n) is 1.42. The highest BCUT2D eigenvalue weighted by atomic mass is 16.6. The van der Waals surface area contributed by atoms with Crippen molar-refractivity contribution >= 4 is 23.7 Å². The molecule has 0 aromatic rings. The first-order chi connectivity index (χ1) is 11.5. The van der Waals surface area contributed by atoms with E-state index in [4.69, 9.17) is 24.1 Å². The van der Waals surface area contributed by atoms with E-state index in [1.54, 1.807) is 0 Å². The summed E-state index contributed by atoms with van der Waals surface area (Å²) >= 11 is 0. The molecule has 0 aromatic carbocycles. The van der Waals surface area contributed by atoms with Crippen LogP contribution in [0.15, 0.2) is 0 Å². The van der Waals surface area contributed by atoms with Crippen LogP contribution in [-0.4, -0.2) is 68.4 Å². The molecule has 0 heterocycles. The summed E-state index contributed by atoms with van der Waals surface area (Å²) in [5.41, 5.74) is 0. The second-order valence-electron chi connectivity index (χ2n) is 4.64. The number of rotatable bonds is 15. The topological polar surface area (TPSA) is 125 Å². The predicted octanol–water partition coefficient (Wildman–Crippen LogP) is 0.340. The van der Waals surface area contributed by atoms with Gasteiger partial charge in [0, 0.05) is 12.8 Å². The van der Waals surface area contributed by atoms with Crippen molar-refractivity contribution in [3.8, 4) is 0 Å². The summed E-state index contributed by atoms with van der Waals surface area (Å²) in [6, 6.07) is 0. The average Bonchev–Trinajstić information content (AvgIpc) is 2.54. The second kappa shape index (κ2) is 14.6. The molecular weight excluding hydrogens is 324 g/mol. The third-order valence-electron chi connectivity index (χ3n) is 2.60. The molecule has 0 aliphatic heterocycles. The first-order valence-electron chi connectivity index (χ1n) is 7.70. The van der Waals surface area contributed by atoms with E-state index in [1.807, 2.05) is 6.92 Å². The molecule has 0 saturated heterocycles. The van der Waals surface area contributed by atoms with Crippen LogP contribution in [0.2, 0.25) is 0 Å². The molecule has 138 valence electrons. The fourth-order valence-corrected chi connectivity index (χ4v) is 1.42. The van der Waals surface area contributed by atoms with Crippen molar-refractivity contribution in [1.82, 2.24) is 0 Å². The molecule has 1 N–H and O–H groups in total. The van der Waals surface area contributed by atoms with E-state index in [0.717, 1.165) is 6.42 Å². The molecule has 0 aromatic heterocycles. The smallest absolute Gasteiger partial charge is 0.372 e. The Kier molecular flexibility index (Phi) is 13.4. The molecule has 24 heavy (non-hydrogen) atoms. The van der Waals surface area contributed by atoms with Gasteiger partial charge in [-0.2, -0.15) is 0 Å². The molecule has 0 fully saturated rings. The van der Waals surface area contributed by atoms with Gasteiger partial charge >= 0.3 is 17.9 Å². The van der Waals surface area contributed by atoms with Gasteiger partial charge < -0.3 is 24.1 Å². The van der Waals surface area contributed by atoms with E-state index in [0.29, 0.717) is 13.0 Å². The lowest BCUT2D eigenvalue weighted by molar-refractivity contribution is -0.151. The minimum Gasteiger partial charge on any atom is -0.476 e. The van der Waals surface area contributed by atoms with Gasteiger partial charge in [0.05, 0.1) is 32.8 Å². The van der Waals surface area contributed by atoms with Crippen LogP contribution in [0.3, 0.4) is 0 Å². The number of esters is 2. The van der Waals surface area contributed by atoms with Gasteiger partial charge in [-0.3, -0.25) is 14.4 Å². The van der Waals surface area contributed by atoms with Crippen LogP contribution in [-0.2, 0) is 38.1 Å². The van der Waals surface area contributed by atoms with Gasteiger partial charge in [-0.15, -0.1) is 0 Å². The number of hydrogen-bond acceptors (Lipinski definition) is 8. The number of carbonyl (C=O) groups excluding carboxylic acids is 3. The minimum atomic E-state index is -1.56. The Bertz CT molecular complexity index is 406. The molecule has 0 aliphatic rings. The van der Waals surface area contributed by atoms with Crippen LogP contribution in [0, 0.1) is 0 Å². The summed E-state index contributed by atoms with van der Waals surface area (Å²) in [7, 11) is 0. The lowest BCUT2D eigenvalue weighted by atomic mass is 10.2. The number of carboxylic acid groups (broad SMARTS) is 1. The van der Waals surface area contributed by atoms with Crippen molar-refractivity contribution in [3.63, 3.8) is 0 Å². The molecule has 0 rings (SSSR count). The van der Waals surface area contributed by atoms with E-state index in [2.05, 4.69) is 0 Å². The van der Waals surface area contributed by atoms with E-state index in [9.17, 15) is 19.2 Å². The summed E-state index contributed by atoms with van der Waals surface area (Å²) in [4.78, 5) is 43.2. The van der Waals surface area contributed by atoms with Crippen molar-refractivity contribution < 1.29 is 43.2 Å². The molecule has 0 bridgehead atoms. The second-order valence-corrected chi connectivity index (χ2v) is 4.64. The van der Waals surface area contributed by atoms with Gasteiger partial charge in [-0.1, -0.05) is 6.92 Å². The Labute approximate surface area is 140 Å². The third-order valence-corrected chi connectivity index (χ3v) is 2.60. The Morgan fingerprint density at radius 3 is 1.62 bits per heavy atom. The number of hydrogen-bond donors (Lipinski definition) is 1. The van der Waals surface area contributed by atoms with Gasteiger partial charge in [0.15, 0.2) is 0 Å². The number of carbonyl (C=O) groups is 4. The summed E-state index contributed by atoms with van der Waals surface area (Å²) in [6.07, 6.45) is 0.483. The maximum absolute atomic E-state index is 11.2. The standard InChI is InChI=1S/C15H24O9/c1-2-3-13(17)23-10-8-21-6-7-22-9-11-24-14(18)5-4-12(16)15(19)20/h2-11H2,1H3,(H,19,20). The molecule has 0 saturated carbocycles. The van der Waals surface area contributed by atoms with Crippen LogP contribution in [0.4, 0.5) is 0 Å². The zero-order valence-electron chi connectivity index (χ0n) is 13.8. The summed E-state index contributed by atoms with van der Waals surface area (Å²) < 4.78 is 20.0. The Morgan fingerprint density at radius 1 is 0.708 bits per heavy atom. The monoisotopic (exact) mass is 348 g/mol. The molecule has 0 aliphatic carbocycles. The minimum absolute atomic E-state index is 0.00866. The van der Waals surface area contributed by atoms with Gasteiger partial charge in [0.1, 0.15) is 13.2 Å². The third kappa shape index (κ3) is 13.6. The van der Waals surface area contributed by atoms with Crippen molar-refractivity contribution in [2.75, 3.05) is 39.6 Å². The van der Waals surface area contributed by atoms with E-state index >= 15 is 0 Å². The molecule has 0 unspecified atom stereocenters. The van der Waals surface area contributed by atoms with Gasteiger partial charge in [0.25, 0.3) is 0 Å². The molecular formula is C15H24O9.